The molecule has 0 aliphatic rings. The van der Waals surface area contributed by atoms with E-state index in [2.05, 4.69) is 5.32 Å². The van der Waals surface area contributed by atoms with Gasteiger partial charge in [-0.3, -0.25) is 10.7 Å². The van der Waals surface area contributed by atoms with Crippen molar-refractivity contribution in [3.8, 4) is 5.75 Å². The van der Waals surface area contributed by atoms with Gasteiger partial charge in [-0.05, 0) is 48.0 Å². The largest absolute Gasteiger partial charge is 0.481 e. The number of amides is 1. The fraction of sp³-hybridized carbons (Fsp3) is 0.0800. The second-order valence-electron chi connectivity index (χ2n) is 7.32. The average molecular weight is 476 g/mol. The van der Waals surface area contributed by atoms with Crippen LogP contribution in [0.4, 0.5) is 10.5 Å². The van der Waals surface area contributed by atoms with Gasteiger partial charge in [-0.1, -0.05) is 36.4 Å². The lowest BCUT2D eigenvalue weighted by Gasteiger charge is -2.20. The van der Waals surface area contributed by atoms with Crippen LogP contribution in [0.1, 0.15) is 26.9 Å². The maximum Gasteiger partial charge on any atom is 0.411 e. The highest BCUT2D eigenvalue weighted by Gasteiger charge is 2.19. The fourth-order valence-electron chi connectivity index (χ4n) is 3.29. The van der Waals surface area contributed by atoms with E-state index in [0.29, 0.717) is 16.3 Å². The van der Waals surface area contributed by atoms with Crippen molar-refractivity contribution >= 4 is 45.0 Å². The molecule has 3 aromatic carbocycles. The number of fused-ring (bicyclic) bond motifs is 1. The van der Waals surface area contributed by atoms with Crippen molar-refractivity contribution in [1.29, 1.82) is 5.41 Å². The number of carbonyl (C=O) groups excluding carboxylic acids is 1. The Balaban J connectivity index is 1.50. The Morgan fingerprint density at radius 1 is 1.03 bits per heavy atom. The zero-order chi connectivity index (χ0) is 24.1. The summed E-state index contributed by atoms with van der Waals surface area (Å²) in [4.78, 5) is 24.0. The molecule has 1 aromatic heterocycles. The summed E-state index contributed by atoms with van der Waals surface area (Å²) in [6, 6.07) is 22.6. The lowest BCUT2D eigenvalue weighted by molar-refractivity contribution is 0.0697. The van der Waals surface area contributed by atoms with E-state index in [4.69, 9.17) is 25.7 Å². The topological polar surface area (TPSA) is 135 Å². The second-order valence-corrected chi connectivity index (χ2v) is 8.40. The number of carbonyl (C=O) groups is 2. The number of amidine groups is 1. The van der Waals surface area contributed by atoms with E-state index in [1.165, 1.54) is 35.6 Å². The Labute approximate surface area is 199 Å². The van der Waals surface area contributed by atoms with E-state index in [9.17, 15) is 9.59 Å². The van der Waals surface area contributed by atoms with Gasteiger partial charge in [0, 0.05) is 15.8 Å². The minimum atomic E-state index is -1.05. The Morgan fingerprint density at radius 2 is 1.76 bits per heavy atom. The number of carboxylic acid groups (broad SMARTS) is 1. The van der Waals surface area contributed by atoms with Gasteiger partial charge >= 0.3 is 12.1 Å². The van der Waals surface area contributed by atoms with Gasteiger partial charge in [-0.2, -0.15) is 0 Å². The molecule has 8 nitrogen and oxygen atoms in total. The standard InChI is InChI=1S/C25H21N3O5S/c26-23(27)22-13-18-19(7-4-8-21(18)34-22)33-20(15-5-2-1-3-6-15)14-32-25(31)28-17-11-9-16(10-12-17)24(29)30/h1-13,20H,14H2,(H3,26,27)(H,28,31)(H,29,30). The number of aromatic carboxylic acids is 1. The Hall–Kier alpha value is -4.37. The minimum Gasteiger partial charge on any atom is -0.481 e. The lowest BCUT2D eigenvalue weighted by Crippen LogP contribution is -2.21. The molecule has 4 rings (SSSR count). The number of ether oxygens (including phenoxy) is 2. The molecular formula is C25H21N3O5S. The van der Waals surface area contributed by atoms with Crippen LogP contribution in [0, 0.1) is 5.41 Å². The number of anilines is 1. The molecule has 0 saturated carbocycles. The van der Waals surface area contributed by atoms with E-state index in [1.54, 1.807) is 0 Å². The summed E-state index contributed by atoms with van der Waals surface area (Å²) >= 11 is 1.40. The van der Waals surface area contributed by atoms with Crippen molar-refractivity contribution in [2.45, 2.75) is 6.10 Å². The predicted molar refractivity (Wildman–Crippen MR) is 131 cm³/mol. The van der Waals surface area contributed by atoms with Crippen LogP contribution in [0.2, 0.25) is 0 Å². The molecule has 34 heavy (non-hydrogen) atoms. The molecule has 1 unspecified atom stereocenters. The summed E-state index contributed by atoms with van der Waals surface area (Å²) in [7, 11) is 0. The average Bonchev–Trinajstić information content (AvgIpc) is 3.28. The number of rotatable bonds is 8. The Bertz CT molecular complexity index is 1340. The third kappa shape index (κ3) is 5.33. The van der Waals surface area contributed by atoms with Crippen LogP contribution in [0.25, 0.3) is 10.1 Å². The zero-order valence-electron chi connectivity index (χ0n) is 17.9. The number of hydrogen-bond acceptors (Lipinski definition) is 6. The van der Waals surface area contributed by atoms with Crippen LogP contribution in [-0.4, -0.2) is 29.6 Å². The van der Waals surface area contributed by atoms with Gasteiger partial charge in [-0.25, -0.2) is 9.59 Å². The molecule has 0 bridgehead atoms. The summed E-state index contributed by atoms with van der Waals surface area (Å²) in [5.74, 6) is -0.473. The lowest BCUT2D eigenvalue weighted by atomic mass is 10.1. The predicted octanol–water partition coefficient (Wildman–Crippen LogP) is 5.25. The van der Waals surface area contributed by atoms with Gasteiger partial charge < -0.3 is 20.3 Å². The number of benzene rings is 3. The third-order valence-corrected chi connectivity index (χ3v) is 6.11. The molecule has 4 aromatic rings. The molecule has 172 valence electrons. The van der Waals surface area contributed by atoms with E-state index >= 15 is 0 Å². The number of nitrogens with two attached hydrogens (primary N) is 1. The van der Waals surface area contributed by atoms with Crippen molar-refractivity contribution in [3.63, 3.8) is 0 Å². The van der Waals surface area contributed by atoms with Crippen molar-refractivity contribution in [1.82, 2.24) is 0 Å². The van der Waals surface area contributed by atoms with Crippen LogP contribution in [0.5, 0.6) is 5.75 Å². The van der Waals surface area contributed by atoms with Gasteiger partial charge in [0.05, 0.1) is 10.4 Å². The van der Waals surface area contributed by atoms with Crippen LogP contribution >= 0.6 is 11.3 Å². The van der Waals surface area contributed by atoms with E-state index < -0.39 is 18.2 Å². The van der Waals surface area contributed by atoms with Gasteiger partial charge in [0.2, 0.25) is 0 Å². The first-order valence-electron chi connectivity index (χ1n) is 10.3. The first-order valence-corrected chi connectivity index (χ1v) is 11.1. The summed E-state index contributed by atoms with van der Waals surface area (Å²) in [6.07, 6.45) is -1.28. The Kier molecular flexibility index (Phi) is 6.74. The number of thiophene rings is 1. The molecule has 0 spiro atoms. The smallest absolute Gasteiger partial charge is 0.411 e. The molecule has 1 heterocycles. The fourth-order valence-corrected chi connectivity index (χ4v) is 4.23. The summed E-state index contributed by atoms with van der Waals surface area (Å²) in [5, 5.41) is 20.1. The second kappa shape index (κ2) is 10.1. The van der Waals surface area contributed by atoms with Crippen molar-refractivity contribution < 1.29 is 24.2 Å². The number of hydrogen-bond donors (Lipinski definition) is 4. The normalized spacial score (nSPS) is 11.5. The molecule has 0 aliphatic heterocycles. The number of nitrogen functional groups attached to an aromatic ring is 1. The number of nitrogens with one attached hydrogen (secondary N) is 2. The molecule has 0 aliphatic carbocycles. The monoisotopic (exact) mass is 475 g/mol. The highest BCUT2D eigenvalue weighted by molar-refractivity contribution is 7.20. The highest BCUT2D eigenvalue weighted by Crippen LogP contribution is 2.35. The van der Waals surface area contributed by atoms with E-state index in [-0.39, 0.29) is 18.0 Å². The van der Waals surface area contributed by atoms with Crippen LogP contribution < -0.4 is 15.8 Å². The van der Waals surface area contributed by atoms with Crippen LogP contribution in [0.3, 0.4) is 0 Å². The Morgan fingerprint density at radius 3 is 2.44 bits per heavy atom. The molecule has 1 atom stereocenters. The summed E-state index contributed by atoms with van der Waals surface area (Å²) < 4.78 is 12.6. The zero-order valence-corrected chi connectivity index (χ0v) is 18.7. The summed E-state index contributed by atoms with van der Waals surface area (Å²) in [6.45, 7) is -0.0663. The first-order chi connectivity index (χ1) is 16.4. The number of carboxylic acids is 1. The van der Waals surface area contributed by atoms with Crippen LogP contribution in [0.15, 0.2) is 78.9 Å². The SMILES string of the molecule is N=C(N)c1cc2c(OC(COC(=O)Nc3ccc(C(=O)O)cc3)c3ccccc3)cccc2s1. The molecule has 0 saturated heterocycles. The summed E-state index contributed by atoms with van der Waals surface area (Å²) in [5.41, 5.74) is 6.99. The first kappa shape index (κ1) is 22.8. The van der Waals surface area contributed by atoms with Gasteiger partial charge in [0.1, 0.15) is 18.2 Å². The quantitative estimate of drug-likeness (QED) is 0.203. The molecule has 1 amide bonds. The minimum absolute atomic E-state index is 0.0110. The van der Waals surface area contributed by atoms with Gasteiger partial charge in [0.25, 0.3) is 0 Å². The third-order valence-electron chi connectivity index (χ3n) is 4.97. The molecule has 0 fully saturated rings. The van der Waals surface area contributed by atoms with Crippen LogP contribution in [-0.2, 0) is 4.74 Å². The molecule has 5 N–H and O–H groups in total. The van der Waals surface area contributed by atoms with E-state index in [1.807, 2.05) is 54.6 Å². The van der Waals surface area contributed by atoms with Crippen molar-refractivity contribution in [3.05, 3.63) is 94.9 Å². The van der Waals surface area contributed by atoms with Gasteiger partial charge in [0.15, 0.2) is 6.10 Å². The van der Waals surface area contributed by atoms with Gasteiger partial charge in [-0.15, -0.1) is 11.3 Å². The molecule has 9 heteroatoms. The van der Waals surface area contributed by atoms with Crippen molar-refractivity contribution in [2.24, 2.45) is 5.73 Å². The molecule has 0 radical (unpaired) electrons. The van der Waals surface area contributed by atoms with Crippen molar-refractivity contribution in [2.75, 3.05) is 11.9 Å². The highest BCUT2D eigenvalue weighted by atomic mass is 32.1. The molecular weight excluding hydrogens is 454 g/mol. The maximum absolute atomic E-state index is 12.4. The van der Waals surface area contributed by atoms with E-state index in [0.717, 1.165) is 15.6 Å². The maximum atomic E-state index is 12.4.